The van der Waals surface area contributed by atoms with Crippen molar-refractivity contribution in [1.82, 2.24) is 14.7 Å². The number of benzene rings is 2. The van der Waals surface area contributed by atoms with Crippen molar-refractivity contribution in [3.63, 3.8) is 0 Å². The zero-order valence-corrected chi connectivity index (χ0v) is 17.8. The van der Waals surface area contributed by atoms with Gasteiger partial charge in [0.05, 0.1) is 11.7 Å². The van der Waals surface area contributed by atoms with Crippen LogP contribution in [0, 0.1) is 6.92 Å². The normalized spacial score (nSPS) is 12.3. The maximum Gasteiger partial charge on any atom is 0.222 e. The van der Waals surface area contributed by atoms with E-state index in [0.29, 0.717) is 13.1 Å². The average Bonchev–Trinajstić information content (AvgIpc) is 2.98. The van der Waals surface area contributed by atoms with Crippen LogP contribution in [0.1, 0.15) is 31.4 Å². The van der Waals surface area contributed by atoms with Crippen LogP contribution in [-0.2, 0) is 13.6 Å². The van der Waals surface area contributed by atoms with E-state index in [0.717, 1.165) is 47.0 Å². The molecule has 0 saturated heterocycles. The molecule has 5 heteroatoms. The van der Waals surface area contributed by atoms with Crippen LogP contribution >= 0.6 is 0 Å². The van der Waals surface area contributed by atoms with Crippen molar-refractivity contribution >= 4 is 0 Å². The highest BCUT2D eigenvalue weighted by molar-refractivity contribution is 5.65. The molecule has 2 aromatic carbocycles. The number of ether oxygens (including phenoxy) is 1. The summed E-state index contributed by atoms with van der Waals surface area (Å²) < 4.78 is 8.13. The second kappa shape index (κ2) is 9.72. The van der Waals surface area contributed by atoms with Gasteiger partial charge in [0.25, 0.3) is 0 Å². The van der Waals surface area contributed by atoms with E-state index in [1.54, 1.807) is 0 Å². The van der Waals surface area contributed by atoms with Crippen LogP contribution in [0.4, 0.5) is 0 Å². The molecule has 3 rings (SSSR count). The average molecular weight is 394 g/mol. The van der Waals surface area contributed by atoms with Gasteiger partial charge >= 0.3 is 0 Å². The minimum Gasteiger partial charge on any atom is -0.439 e. The molecule has 1 atom stereocenters. The van der Waals surface area contributed by atoms with Crippen molar-refractivity contribution in [3.8, 4) is 22.9 Å². The van der Waals surface area contributed by atoms with Gasteiger partial charge in [-0.05, 0) is 44.5 Å². The second-order valence-electron chi connectivity index (χ2n) is 7.62. The number of hydrogen-bond donors (Lipinski definition) is 1. The molecule has 0 fully saturated rings. The van der Waals surface area contributed by atoms with Crippen molar-refractivity contribution in [1.29, 1.82) is 0 Å². The summed E-state index contributed by atoms with van der Waals surface area (Å²) in [7, 11) is 1.92. The maximum atomic E-state index is 9.96. The molecule has 0 aliphatic carbocycles. The summed E-state index contributed by atoms with van der Waals surface area (Å²) >= 11 is 0. The van der Waals surface area contributed by atoms with E-state index in [4.69, 9.17) is 9.84 Å². The molecule has 1 heterocycles. The molecular weight excluding hydrogens is 362 g/mol. The lowest BCUT2D eigenvalue weighted by atomic mass is 10.1. The summed E-state index contributed by atoms with van der Waals surface area (Å²) in [6, 6.07) is 18.2. The lowest BCUT2D eigenvalue weighted by Gasteiger charge is -2.23. The number of aliphatic hydroxyl groups excluding tert-OH is 1. The third-order valence-corrected chi connectivity index (χ3v) is 4.78. The van der Waals surface area contributed by atoms with Crippen LogP contribution in [0.25, 0.3) is 11.3 Å². The standard InChI is InChI=1S/C24H31N3O2/c1-5-14-27(16-19(3)28)17-22-23(20-11-7-6-8-12-20)25-26(4)24(22)29-21-13-9-10-18(2)15-21/h6-13,15,19,28H,5,14,16-17H2,1-4H3/t19-/m1/s1. The first-order valence-corrected chi connectivity index (χ1v) is 10.2. The number of aryl methyl sites for hydroxylation is 2. The van der Waals surface area contributed by atoms with Gasteiger partial charge in [0.15, 0.2) is 0 Å². The fourth-order valence-electron chi connectivity index (χ4n) is 3.59. The van der Waals surface area contributed by atoms with E-state index in [1.807, 2.05) is 55.1 Å². The Hall–Kier alpha value is -2.63. The van der Waals surface area contributed by atoms with Crippen molar-refractivity contribution in [2.75, 3.05) is 13.1 Å². The van der Waals surface area contributed by atoms with E-state index < -0.39 is 0 Å². The number of aliphatic hydroxyl groups is 1. The topological polar surface area (TPSA) is 50.5 Å². The molecule has 0 amide bonds. The summed E-state index contributed by atoms with van der Waals surface area (Å²) in [6.07, 6.45) is 0.626. The van der Waals surface area contributed by atoms with Gasteiger partial charge in [-0.25, -0.2) is 4.68 Å². The summed E-state index contributed by atoms with van der Waals surface area (Å²) in [5, 5.41) is 14.8. The molecule has 1 N–H and O–H groups in total. The van der Waals surface area contributed by atoms with Gasteiger partial charge in [-0.3, -0.25) is 4.90 Å². The Labute approximate surface area is 173 Å². The Morgan fingerprint density at radius 3 is 2.55 bits per heavy atom. The van der Waals surface area contributed by atoms with E-state index >= 15 is 0 Å². The van der Waals surface area contributed by atoms with Crippen LogP contribution in [0.15, 0.2) is 54.6 Å². The molecular formula is C24H31N3O2. The first kappa shape index (κ1) is 21.1. The van der Waals surface area contributed by atoms with E-state index in [9.17, 15) is 5.11 Å². The third-order valence-electron chi connectivity index (χ3n) is 4.78. The molecule has 0 unspecified atom stereocenters. The Bertz CT molecular complexity index is 919. The third kappa shape index (κ3) is 5.46. The molecule has 1 aromatic heterocycles. The number of rotatable bonds is 9. The van der Waals surface area contributed by atoms with Gasteiger partial charge in [-0.1, -0.05) is 49.4 Å². The highest BCUT2D eigenvalue weighted by Gasteiger charge is 2.22. The van der Waals surface area contributed by atoms with E-state index in [-0.39, 0.29) is 6.10 Å². The number of aromatic nitrogens is 2. The quantitative estimate of drug-likeness (QED) is 0.568. The zero-order chi connectivity index (χ0) is 20.8. The molecule has 154 valence electrons. The first-order valence-electron chi connectivity index (χ1n) is 10.2. The first-order chi connectivity index (χ1) is 14.0. The molecule has 0 bridgehead atoms. The predicted molar refractivity (Wildman–Crippen MR) is 117 cm³/mol. The van der Waals surface area contributed by atoms with Gasteiger partial charge in [-0.15, -0.1) is 0 Å². The number of hydrogen-bond acceptors (Lipinski definition) is 4. The maximum absolute atomic E-state index is 9.96. The molecule has 0 aliphatic heterocycles. The largest absolute Gasteiger partial charge is 0.439 e. The molecule has 0 radical (unpaired) electrons. The molecule has 5 nitrogen and oxygen atoms in total. The zero-order valence-electron chi connectivity index (χ0n) is 17.8. The Morgan fingerprint density at radius 1 is 1.14 bits per heavy atom. The van der Waals surface area contributed by atoms with Gasteiger partial charge in [0, 0.05) is 25.7 Å². The van der Waals surface area contributed by atoms with Crippen molar-refractivity contribution in [2.24, 2.45) is 7.05 Å². The monoisotopic (exact) mass is 393 g/mol. The fraction of sp³-hybridized carbons (Fsp3) is 0.375. The van der Waals surface area contributed by atoms with E-state index in [2.05, 4.69) is 36.9 Å². The van der Waals surface area contributed by atoms with Gasteiger partial charge in [-0.2, -0.15) is 5.10 Å². The second-order valence-corrected chi connectivity index (χ2v) is 7.62. The summed E-state index contributed by atoms with van der Waals surface area (Å²) in [6.45, 7) is 8.21. The van der Waals surface area contributed by atoms with Gasteiger partial charge < -0.3 is 9.84 Å². The predicted octanol–water partition coefficient (Wildman–Crippen LogP) is 4.78. The highest BCUT2D eigenvalue weighted by Crippen LogP contribution is 2.34. The van der Waals surface area contributed by atoms with E-state index in [1.165, 1.54) is 0 Å². The Balaban J connectivity index is 2.03. The molecule has 0 spiro atoms. The highest BCUT2D eigenvalue weighted by atomic mass is 16.5. The number of nitrogens with zero attached hydrogens (tertiary/aromatic N) is 3. The minimum absolute atomic E-state index is 0.389. The summed E-state index contributed by atoms with van der Waals surface area (Å²) in [5.41, 5.74) is 4.17. The van der Waals surface area contributed by atoms with Crippen LogP contribution in [0.2, 0.25) is 0 Å². The van der Waals surface area contributed by atoms with Crippen LogP contribution in [-0.4, -0.2) is 39.0 Å². The minimum atomic E-state index is -0.389. The Kier molecular flexibility index (Phi) is 7.07. The van der Waals surface area contributed by atoms with Crippen LogP contribution in [0.5, 0.6) is 11.6 Å². The fourth-order valence-corrected chi connectivity index (χ4v) is 3.59. The molecule has 29 heavy (non-hydrogen) atoms. The van der Waals surface area contributed by atoms with Gasteiger partial charge in [0.1, 0.15) is 11.4 Å². The van der Waals surface area contributed by atoms with Gasteiger partial charge in [0.2, 0.25) is 5.88 Å². The lowest BCUT2D eigenvalue weighted by Crippen LogP contribution is -2.31. The Morgan fingerprint density at radius 2 is 1.90 bits per heavy atom. The SMILES string of the molecule is CCCN(Cc1c(-c2ccccc2)nn(C)c1Oc1cccc(C)c1)C[C@@H](C)O. The molecule has 0 aliphatic rings. The molecule has 3 aromatic rings. The lowest BCUT2D eigenvalue weighted by molar-refractivity contribution is 0.122. The van der Waals surface area contributed by atoms with Crippen LogP contribution in [0.3, 0.4) is 0 Å². The summed E-state index contributed by atoms with van der Waals surface area (Å²) in [4.78, 5) is 2.26. The molecule has 0 saturated carbocycles. The van der Waals surface area contributed by atoms with Crippen molar-refractivity contribution in [3.05, 3.63) is 65.7 Å². The van der Waals surface area contributed by atoms with Crippen molar-refractivity contribution < 1.29 is 9.84 Å². The smallest absolute Gasteiger partial charge is 0.222 e. The van der Waals surface area contributed by atoms with Crippen LogP contribution < -0.4 is 4.74 Å². The van der Waals surface area contributed by atoms with Crippen molar-refractivity contribution in [2.45, 2.75) is 39.8 Å². The summed E-state index contributed by atoms with van der Waals surface area (Å²) in [5.74, 6) is 1.53.